The fraction of sp³-hybridized carbons (Fsp3) is 0.350. The van der Waals surface area contributed by atoms with Crippen molar-refractivity contribution in [2.45, 2.75) is 25.8 Å². The minimum Gasteiger partial charge on any atom is -0.507 e. The standard InChI is InChI=1S/C20H20ClN5O2/c1-2-26-7-3-4-14(11-26)23-20-25-19-17(28-20)6-5-15(24-19)18-12(10-22)8-13(21)9-16(18)27/h5-6,8-9,14,27H,2-4,7,11H2,1H3,(H,23,24,25)/t14-/m1/s1. The Kier molecular flexibility index (Phi) is 5.07. The first-order valence-corrected chi connectivity index (χ1v) is 9.64. The lowest BCUT2D eigenvalue weighted by molar-refractivity contribution is 0.225. The molecule has 28 heavy (non-hydrogen) atoms. The lowest BCUT2D eigenvalue weighted by Gasteiger charge is -2.31. The Balaban J connectivity index is 1.64. The fourth-order valence-electron chi connectivity index (χ4n) is 3.60. The molecule has 0 saturated carbocycles. The predicted molar refractivity (Wildman–Crippen MR) is 107 cm³/mol. The second-order valence-corrected chi connectivity index (χ2v) is 7.31. The van der Waals surface area contributed by atoms with Crippen LogP contribution in [0.5, 0.6) is 5.75 Å². The topological polar surface area (TPSA) is 98.2 Å². The Bertz CT molecular complexity index is 1060. The number of aromatic nitrogens is 2. The Hall–Kier alpha value is -2.82. The number of halogens is 1. The summed E-state index contributed by atoms with van der Waals surface area (Å²) in [6, 6.07) is 9.09. The molecule has 7 nitrogen and oxygen atoms in total. The molecule has 0 amide bonds. The van der Waals surface area contributed by atoms with E-state index in [4.69, 9.17) is 16.0 Å². The Morgan fingerprint density at radius 1 is 1.39 bits per heavy atom. The maximum Gasteiger partial charge on any atom is 0.297 e. The number of benzene rings is 1. The molecule has 4 rings (SSSR count). The van der Waals surface area contributed by atoms with Gasteiger partial charge in [-0.05, 0) is 50.2 Å². The fourth-order valence-corrected chi connectivity index (χ4v) is 3.82. The zero-order chi connectivity index (χ0) is 19.7. The summed E-state index contributed by atoms with van der Waals surface area (Å²) in [6.07, 6.45) is 2.21. The lowest BCUT2D eigenvalue weighted by Crippen LogP contribution is -2.41. The van der Waals surface area contributed by atoms with Crippen LogP contribution in [0.15, 0.2) is 28.7 Å². The average molecular weight is 398 g/mol. The first-order chi connectivity index (χ1) is 13.6. The number of nitriles is 1. The summed E-state index contributed by atoms with van der Waals surface area (Å²) in [5, 5.41) is 23.3. The van der Waals surface area contributed by atoms with E-state index in [9.17, 15) is 10.4 Å². The molecule has 1 saturated heterocycles. The van der Waals surface area contributed by atoms with Crippen molar-refractivity contribution in [3.8, 4) is 23.1 Å². The maximum absolute atomic E-state index is 10.3. The zero-order valence-electron chi connectivity index (χ0n) is 15.4. The number of nitrogens with zero attached hydrogens (tertiary/aromatic N) is 4. The molecule has 2 N–H and O–H groups in total. The normalized spacial score (nSPS) is 17.5. The molecule has 0 radical (unpaired) electrons. The average Bonchev–Trinajstić information content (AvgIpc) is 3.08. The summed E-state index contributed by atoms with van der Waals surface area (Å²) >= 11 is 5.93. The number of phenolic OH excluding ortho intramolecular Hbond substituents is 1. The zero-order valence-corrected chi connectivity index (χ0v) is 16.2. The van der Waals surface area contributed by atoms with Gasteiger partial charge in [0.15, 0.2) is 5.58 Å². The summed E-state index contributed by atoms with van der Waals surface area (Å²) in [4.78, 5) is 11.3. The molecule has 1 aliphatic rings. The van der Waals surface area contributed by atoms with Crippen LogP contribution in [0.25, 0.3) is 22.5 Å². The van der Waals surface area contributed by atoms with Crippen LogP contribution in [0.2, 0.25) is 5.02 Å². The second-order valence-electron chi connectivity index (χ2n) is 6.87. The van der Waals surface area contributed by atoms with Crippen molar-refractivity contribution in [2.24, 2.45) is 0 Å². The molecule has 1 fully saturated rings. The van der Waals surface area contributed by atoms with E-state index in [1.165, 1.54) is 12.1 Å². The van der Waals surface area contributed by atoms with E-state index in [1.54, 1.807) is 12.1 Å². The van der Waals surface area contributed by atoms with Gasteiger partial charge in [0.25, 0.3) is 6.01 Å². The number of hydrogen-bond donors (Lipinski definition) is 2. The number of aromatic hydroxyl groups is 1. The molecule has 0 spiro atoms. The van der Waals surface area contributed by atoms with E-state index in [0.717, 1.165) is 32.5 Å². The van der Waals surface area contributed by atoms with Gasteiger partial charge in [0.05, 0.1) is 16.8 Å². The molecule has 1 atom stereocenters. The number of likely N-dealkylation sites (N-methyl/N-ethyl adjacent to an activating group) is 1. The second kappa shape index (κ2) is 7.66. The number of fused-ring (bicyclic) bond motifs is 1. The number of rotatable bonds is 4. The van der Waals surface area contributed by atoms with Gasteiger partial charge in [0.2, 0.25) is 5.65 Å². The highest BCUT2D eigenvalue weighted by Crippen LogP contribution is 2.35. The van der Waals surface area contributed by atoms with Gasteiger partial charge in [-0.1, -0.05) is 18.5 Å². The van der Waals surface area contributed by atoms with Gasteiger partial charge in [-0.25, -0.2) is 4.98 Å². The maximum atomic E-state index is 10.3. The first kappa shape index (κ1) is 18.5. The van der Waals surface area contributed by atoms with E-state index >= 15 is 0 Å². The summed E-state index contributed by atoms with van der Waals surface area (Å²) in [6.45, 7) is 5.27. The van der Waals surface area contributed by atoms with Crippen LogP contribution < -0.4 is 5.32 Å². The van der Waals surface area contributed by atoms with Crippen LogP contribution in [0.4, 0.5) is 6.01 Å². The van der Waals surface area contributed by atoms with Crippen molar-refractivity contribution in [1.82, 2.24) is 14.9 Å². The van der Waals surface area contributed by atoms with E-state index < -0.39 is 0 Å². The number of likely N-dealkylation sites (tertiary alicyclic amines) is 1. The molecule has 2 aromatic heterocycles. The van der Waals surface area contributed by atoms with Gasteiger partial charge in [-0.2, -0.15) is 10.2 Å². The van der Waals surface area contributed by atoms with Gasteiger partial charge in [-0.15, -0.1) is 0 Å². The van der Waals surface area contributed by atoms with Crippen molar-refractivity contribution < 1.29 is 9.52 Å². The monoisotopic (exact) mass is 397 g/mol. The van der Waals surface area contributed by atoms with Crippen LogP contribution in [0, 0.1) is 11.3 Å². The molecule has 0 unspecified atom stereocenters. The number of phenols is 1. The Labute approximate surface area is 167 Å². The van der Waals surface area contributed by atoms with E-state index in [-0.39, 0.29) is 17.4 Å². The minimum absolute atomic E-state index is 0.0976. The molecule has 144 valence electrons. The van der Waals surface area contributed by atoms with E-state index in [1.807, 2.05) is 6.07 Å². The molecule has 0 aliphatic carbocycles. The van der Waals surface area contributed by atoms with E-state index in [0.29, 0.717) is 33.5 Å². The van der Waals surface area contributed by atoms with Gasteiger partial charge in [-0.3, -0.25) is 0 Å². The van der Waals surface area contributed by atoms with Crippen LogP contribution in [-0.4, -0.2) is 45.7 Å². The molecule has 1 aliphatic heterocycles. The highest BCUT2D eigenvalue weighted by molar-refractivity contribution is 6.31. The highest BCUT2D eigenvalue weighted by Gasteiger charge is 2.21. The third-order valence-electron chi connectivity index (χ3n) is 4.99. The smallest absolute Gasteiger partial charge is 0.297 e. The van der Waals surface area contributed by atoms with Crippen LogP contribution in [0.3, 0.4) is 0 Å². The largest absolute Gasteiger partial charge is 0.507 e. The number of oxazole rings is 1. The van der Waals surface area contributed by atoms with Crippen molar-refractivity contribution in [3.05, 3.63) is 34.9 Å². The molecule has 8 heteroatoms. The molecular weight excluding hydrogens is 378 g/mol. The van der Waals surface area contributed by atoms with Crippen LogP contribution in [0.1, 0.15) is 25.3 Å². The Morgan fingerprint density at radius 3 is 3.04 bits per heavy atom. The number of anilines is 1. The third-order valence-corrected chi connectivity index (χ3v) is 5.21. The van der Waals surface area contributed by atoms with Crippen LogP contribution >= 0.6 is 11.6 Å². The number of nitrogens with one attached hydrogen (secondary N) is 1. The first-order valence-electron chi connectivity index (χ1n) is 9.27. The quantitative estimate of drug-likeness (QED) is 0.686. The number of hydrogen-bond acceptors (Lipinski definition) is 7. The SMILES string of the molecule is CCN1CCC[C@@H](Nc2nc3nc(-c4c(O)cc(Cl)cc4C#N)ccc3o2)C1. The Morgan fingerprint density at radius 2 is 2.25 bits per heavy atom. The van der Waals surface area contributed by atoms with Gasteiger partial charge >= 0.3 is 0 Å². The summed E-state index contributed by atoms with van der Waals surface area (Å²) < 4.78 is 5.78. The van der Waals surface area contributed by atoms with Crippen molar-refractivity contribution >= 4 is 28.8 Å². The summed E-state index contributed by atoms with van der Waals surface area (Å²) in [7, 11) is 0. The van der Waals surface area contributed by atoms with Crippen molar-refractivity contribution in [2.75, 3.05) is 25.0 Å². The molecule has 0 bridgehead atoms. The summed E-state index contributed by atoms with van der Waals surface area (Å²) in [5.41, 5.74) is 1.98. The molecule has 3 aromatic rings. The third kappa shape index (κ3) is 3.61. The van der Waals surface area contributed by atoms with E-state index in [2.05, 4.69) is 27.1 Å². The van der Waals surface area contributed by atoms with Gasteiger partial charge < -0.3 is 19.7 Å². The lowest BCUT2D eigenvalue weighted by atomic mass is 10.0. The molecule has 3 heterocycles. The number of pyridine rings is 1. The summed E-state index contributed by atoms with van der Waals surface area (Å²) in [5.74, 6) is -0.0976. The highest BCUT2D eigenvalue weighted by atomic mass is 35.5. The molecule has 1 aromatic carbocycles. The molecular formula is C20H20ClN5O2. The van der Waals surface area contributed by atoms with Crippen LogP contribution in [-0.2, 0) is 0 Å². The van der Waals surface area contributed by atoms with Crippen molar-refractivity contribution in [1.29, 1.82) is 5.26 Å². The predicted octanol–water partition coefficient (Wildman–Crippen LogP) is 4.02. The van der Waals surface area contributed by atoms with Gasteiger partial charge in [0.1, 0.15) is 11.8 Å². The minimum atomic E-state index is -0.0976. The van der Waals surface area contributed by atoms with Crippen molar-refractivity contribution in [3.63, 3.8) is 0 Å². The van der Waals surface area contributed by atoms with Gasteiger partial charge in [0, 0.05) is 17.6 Å². The number of piperidine rings is 1.